The van der Waals surface area contributed by atoms with E-state index in [2.05, 4.69) is 22.2 Å². The zero-order chi connectivity index (χ0) is 20.4. The molecule has 1 aliphatic carbocycles. The van der Waals surface area contributed by atoms with E-state index in [0.717, 1.165) is 34.4 Å². The number of pyridine rings is 1. The van der Waals surface area contributed by atoms with Crippen molar-refractivity contribution in [1.82, 2.24) is 20.3 Å². The Morgan fingerprint density at radius 1 is 1.10 bits per heavy atom. The summed E-state index contributed by atoms with van der Waals surface area (Å²) >= 11 is 0. The summed E-state index contributed by atoms with van der Waals surface area (Å²) in [6.45, 7) is 2.66. The Hall–Kier alpha value is -3.28. The molecular weight excluding hydrogens is 362 g/mol. The first-order chi connectivity index (χ1) is 14.0. The number of carbonyl (C=O) groups is 1. The van der Waals surface area contributed by atoms with E-state index in [1.54, 1.807) is 12.4 Å². The summed E-state index contributed by atoms with van der Waals surface area (Å²) in [5.41, 5.74) is 4.94. The van der Waals surface area contributed by atoms with Crippen LogP contribution in [-0.2, 0) is 11.3 Å². The van der Waals surface area contributed by atoms with Crippen molar-refractivity contribution in [1.29, 1.82) is 0 Å². The number of nitrogens with one attached hydrogen (secondary N) is 1. The van der Waals surface area contributed by atoms with Crippen molar-refractivity contribution < 1.29 is 4.79 Å². The van der Waals surface area contributed by atoms with Gasteiger partial charge in [0, 0.05) is 56.3 Å². The molecule has 29 heavy (non-hydrogen) atoms. The van der Waals surface area contributed by atoms with Gasteiger partial charge in [-0.3, -0.25) is 9.78 Å². The predicted molar refractivity (Wildman–Crippen MR) is 114 cm³/mol. The van der Waals surface area contributed by atoms with Crippen molar-refractivity contribution >= 4 is 11.9 Å². The molecule has 1 aliphatic rings. The summed E-state index contributed by atoms with van der Waals surface area (Å²) in [4.78, 5) is 27.3. The summed E-state index contributed by atoms with van der Waals surface area (Å²) in [7, 11) is 3.86. The van der Waals surface area contributed by atoms with E-state index >= 15 is 0 Å². The van der Waals surface area contributed by atoms with Gasteiger partial charge in [-0.05, 0) is 35.6 Å². The highest BCUT2D eigenvalue weighted by Crippen LogP contribution is 2.37. The molecule has 4 rings (SSSR count). The van der Waals surface area contributed by atoms with E-state index in [1.165, 1.54) is 0 Å². The number of benzene rings is 1. The Kier molecular flexibility index (Phi) is 5.25. The topological polar surface area (TPSA) is 71.0 Å². The van der Waals surface area contributed by atoms with Gasteiger partial charge >= 0.3 is 0 Å². The summed E-state index contributed by atoms with van der Waals surface area (Å²) in [5.74, 6) is 1.54. The molecule has 0 bridgehead atoms. The number of aromatic nitrogens is 3. The van der Waals surface area contributed by atoms with E-state index in [1.807, 2.05) is 61.6 Å². The molecular formula is C23H25N5O. The van der Waals surface area contributed by atoms with Crippen LogP contribution in [0.1, 0.15) is 18.9 Å². The smallest absolute Gasteiger partial charge is 0.225 e. The van der Waals surface area contributed by atoms with Crippen molar-refractivity contribution in [3.63, 3.8) is 0 Å². The molecule has 1 amide bonds. The molecule has 2 heterocycles. The van der Waals surface area contributed by atoms with E-state index in [9.17, 15) is 4.79 Å². The standard InChI is InChI=1S/C23H25N5O/c1-15-12-19(15)22(29)25-13-16-4-6-18(7-5-16)21-20(17-8-10-24-11-9-17)14-26-23(27-21)28(2)3/h4-11,14-15,19H,12-13H2,1-3H3,(H,25,29)/t15-,19-/m0/s1. The maximum absolute atomic E-state index is 12.0. The van der Waals surface area contributed by atoms with Gasteiger partial charge in [0.05, 0.1) is 5.69 Å². The minimum absolute atomic E-state index is 0.160. The van der Waals surface area contributed by atoms with Crippen LogP contribution in [0.2, 0.25) is 0 Å². The van der Waals surface area contributed by atoms with Crippen LogP contribution < -0.4 is 10.2 Å². The van der Waals surface area contributed by atoms with Crippen LogP contribution in [0.3, 0.4) is 0 Å². The van der Waals surface area contributed by atoms with E-state index in [0.29, 0.717) is 18.4 Å². The van der Waals surface area contributed by atoms with Gasteiger partial charge in [-0.2, -0.15) is 0 Å². The maximum Gasteiger partial charge on any atom is 0.225 e. The molecule has 1 N–H and O–H groups in total. The second-order valence-electron chi connectivity index (χ2n) is 7.80. The summed E-state index contributed by atoms with van der Waals surface area (Å²) in [6.07, 6.45) is 6.40. The summed E-state index contributed by atoms with van der Waals surface area (Å²) in [5, 5.41) is 3.03. The fourth-order valence-electron chi connectivity index (χ4n) is 3.34. The average Bonchev–Trinajstić information content (AvgIpc) is 3.49. The number of hydrogen-bond acceptors (Lipinski definition) is 5. The highest BCUT2D eigenvalue weighted by atomic mass is 16.2. The first-order valence-corrected chi connectivity index (χ1v) is 9.84. The van der Waals surface area contributed by atoms with Crippen LogP contribution in [-0.4, -0.2) is 35.0 Å². The lowest BCUT2D eigenvalue weighted by molar-refractivity contribution is -0.122. The lowest BCUT2D eigenvalue weighted by atomic mass is 10.0. The quantitative estimate of drug-likeness (QED) is 0.700. The van der Waals surface area contributed by atoms with Gasteiger partial charge in [0.15, 0.2) is 0 Å². The largest absolute Gasteiger partial charge is 0.352 e. The molecule has 0 spiro atoms. The Balaban J connectivity index is 1.59. The van der Waals surface area contributed by atoms with E-state index in [4.69, 9.17) is 4.98 Å². The summed E-state index contributed by atoms with van der Waals surface area (Å²) in [6, 6.07) is 12.1. The minimum Gasteiger partial charge on any atom is -0.352 e. The molecule has 2 aromatic heterocycles. The maximum atomic E-state index is 12.0. The molecule has 6 nitrogen and oxygen atoms in total. The zero-order valence-electron chi connectivity index (χ0n) is 17.0. The number of anilines is 1. The van der Waals surface area contributed by atoms with Gasteiger partial charge in [0.1, 0.15) is 0 Å². The van der Waals surface area contributed by atoms with Crippen molar-refractivity contribution in [2.24, 2.45) is 11.8 Å². The molecule has 0 unspecified atom stereocenters. The molecule has 1 saturated carbocycles. The predicted octanol–water partition coefficient (Wildman–Crippen LogP) is 3.54. The van der Waals surface area contributed by atoms with Crippen LogP contribution in [0.5, 0.6) is 0 Å². The van der Waals surface area contributed by atoms with Gasteiger partial charge in [0.25, 0.3) is 0 Å². The zero-order valence-corrected chi connectivity index (χ0v) is 17.0. The SMILES string of the molecule is C[C@H]1C[C@@H]1C(=O)NCc1ccc(-c2nc(N(C)C)ncc2-c2ccncc2)cc1. The number of nitrogens with zero attached hydrogens (tertiary/aromatic N) is 4. The third-order valence-electron chi connectivity index (χ3n) is 5.31. The molecule has 148 valence electrons. The molecule has 0 radical (unpaired) electrons. The molecule has 3 aromatic rings. The lowest BCUT2D eigenvalue weighted by Gasteiger charge is -2.15. The highest BCUT2D eigenvalue weighted by Gasteiger charge is 2.38. The third kappa shape index (κ3) is 4.26. The van der Waals surface area contributed by atoms with Crippen LogP contribution in [0.25, 0.3) is 22.4 Å². The van der Waals surface area contributed by atoms with Gasteiger partial charge in [-0.15, -0.1) is 0 Å². The second-order valence-corrected chi connectivity index (χ2v) is 7.80. The lowest BCUT2D eigenvalue weighted by Crippen LogP contribution is -2.24. The van der Waals surface area contributed by atoms with Crippen LogP contribution in [0.4, 0.5) is 5.95 Å². The Morgan fingerprint density at radius 3 is 2.41 bits per heavy atom. The van der Waals surface area contributed by atoms with Gasteiger partial charge < -0.3 is 10.2 Å². The Bertz CT molecular complexity index is 1000. The average molecular weight is 387 g/mol. The van der Waals surface area contributed by atoms with Crippen molar-refractivity contribution in [2.75, 3.05) is 19.0 Å². The fraction of sp³-hybridized carbons (Fsp3) is 0.304. The van der Waals surface area contributed by atoms with Crippen LogP contribution >= 0.6 is 0 Å². The van der Waals surface area contributed by atoms with Crippen molar-refractivity contribution in [2.45, 2.75) is 19.9 Å². The highest BCUT2D eigenvalue weighted by molar-refractivity contribution is 5.82. The number of amides is 1. The Labute approximate surface area is 171 Å². The second kappa shape index (κ2) is 7.99. The normalized spacial score (nSPS) is 17.6. The van der Waals surface area contributed by atoms with Gasteiger partial charge in [-0.1, -0.05) is 31.2 Å². The molecule has 1 aromatic carbocycles. The Morgan fingerprint density at radius 2 is 1.79 bits per heavy atom. The van der Waals surface area contributed by atoms with Crippen molar-refractivity contribution in [3.8, 4) is 22.4 Å². The van der Waals surface area contributed by atoms with Crippen LogP contribution in [0, 0.1) is 11.8 Å². The molecule has 0 aliphatic heterocycles. The third-order valence-corrected chi connectivity index (χ3v) is 5.31. The van der Waals surface area contributed by atoms with E-state index in [-0.39, 0.29) is 11.8 Å². The number of carbonyl (C=O) groups excluding carboxylic acids is 1. The molecule has 2 atom stereocenters. The number of rotatable bonds is 6. The first-order valence-electron chi connectivity index (χ1n) is 9.84. The van der Waals surface area contributed by atoms with E-state index < -0.39 is 0 Å². The van der Waals surface area contributed by atoms with Gasteiger partial charge in [-0.25, -0.2) is 9.97 Å². The molecule has 6 heteroatoms. The van der Waals surface area contributed by atoms with Gasteiger partial charge in [0.2, 0.25) is 11.9 Å². The minimum atomic E-state index is 0.160. The molecule has 1 fully saturated rings. The molecule has 0 saturated heterocycles. The summed E-state index contributed by atoms with van der Waals surface area (Å²) < 4.78 is 0. The van der Waals surface area contributed by atoms with Crippen molar-refractivity contribution in [3.05, 3.63) is 60.6 Å². The number of hydrogen-bond donors (Lipinski definition) is 1. The first kappa shape index (κ1) is 19.1. The van der Waals surface area contributed by atoms with Crippen LogP contribution in [0.15, 0.2) is 55.0 Å². The monoisotopic (exact) mass is 387 g/mol. The fourth-order valence-corrected chi connectivity index (χ4v) is 3.34.